The Kier molecular flexibility index (Phi) is 6.46. The van der Waals surface area contributed by atoms with Crippen LogP contribution in [0.2, 0.25) is 10.0 Å². The van der Waals surface area contributed by atoms with Crippen LogP contribution in [0.3, 0.4) is 0 Å². The SMILES string of the molecule is COc1cccc(NC(=O)COC(=O)Cc2c(Cl)cccc2Cl)c1. The number of nitrogens with one attached hydrogen (secondary N) is 1. The fourth-order valence-electron chi connectivity index (χ4n) is 1.94. The zero-order valence-corrected chi connectivity index (χ0v) is 14.4. The molecule has 0 aliphatic heterocycles. The number of hydrogen-bond acceptors (Lipinski definition) is 4. The Bertz CT molecular complexity index is 729. The second-order valence-corrected chi connectivity index (χ2v) is 5.63. The molecule has 5 nitrogen and oxygen atoms in total. The van der Waals surface area contributed by atoms with Crippen LogP contribution in [0.1, 0.15) is 5.56 Å². The first-order valence-electron chi connectivity index (χ1n) is 7.02. The smallest absolute Gasteiger partial charge is 0.310 e. The summed E-state index contributed by atoms with van der Waals surface area (Å²) in [5.41, 5.74) is 1.02. The average Bonchev–Trinajstić information content (AvgIpc) is 2.56. The summed E-state index contributed by atoms with van der Waals surface area (Å²) >= 11 is 12.0. The highest BCUT2D eigenvalue weighted by Gasteiger charge is 2.13. The first-order valence-corrected chi connectivity index (χ1v) is 7.77. The van der Waals surface area contributed by atoms with Crippen LogP contribution in [-0.2, 0) is 20.7 Å². The summed E-state index contributed by atoms with van der Waals surface area (Å²) in [6.07, 6.45) is -0.106. The van der Waals surface area contributed by atoms with Gasteiger partial charge in [-0.05, 0) is 24.3 Å². The Hall–Kier alpha value is -2.24. The number of halogens is 2. The largest absolute Gasteiger partial charge is 0.497 e. The van der Waals surface area contributed by atoms with E-state index in [0.717, 1.165) is 0 Å². The molecule has 126 valence electrons. The number of anilines is 1. The van der Waals surface area contributed by atoms with Gasteiger partial charge in [0.05, 0.1) is 13.5 Å². The molecule has 0 bridgehead atoms. The zero-order valence-electron chi connectivity index (χ0n) is 12.8. The predicted octanol–water partition coefficient (Wildman–Crippen LogP) is 3.73. The molecular weight excluding hydrogens is 353 g/mol. The van der Waals surface area contributed by atoms with Crippen LogP contribution < -0.4 is 10.1 Å². The molecule has 7 heteroatoms. The summed E-state index contributed by atoms with van der Waals surface area (Å²) in [5.74, 6) is -0.439. The van der Waals surface area contributed by atoms with Crippen molar-refractivity contribution in [3.05, 3.63) is 58.1 Å². The Morgan fingerprint density at radius 1 is 1.08 bits per heavy atom. The first kappa shape index (κ1) is 18.1. The number of rotatable bonds is 6. The number of carbonyl (C=O) groups is 2. The van der Waals surface area contributed by atoms with Crippen molar-refractivity contribution in [3.8, 4) is 5.75 Å². The van der Waals surface area contributed by atoms with E-state index in [0.29, 0.717) is 27.0 Å². The van der Waals surface area contributed by atoms with Crippen molar-refractivity contribution in [2.45, 2.75) is 6.42 Å². The molecule has 24 heavy (non-hydrogen) atoms. The molecule has 0 aliphatic rings. The Balaban J connectivity index is 1.86. The van der Waals surface area contributed by atoms with Crippen LogP contribution in [0, 0.1) is 0 Å². The molecule has 2 rings (SSSR count). The molecule has 0 unspecified atom stereocenters. The van der Waals surface area contributed by atoms with Gasteiger partial charge in [-0.2, -0.15) is 0 Å². The topological polar surface area (TPSA) is 64.6 Å². The third-order valence-corrected chi connectivity index (χ3v) is 3.81. The third kappa shape index (κ3) is 5.15. The molecule has 0 spiro atoms. The maximum atomic E-state index is 11.8. The molecule has 0 saturated carbocycles. The minimum atomic E-state index is -0.592. The van der Waals surface area contributed by atoms with Gasteiger partial charge in [-0.1, -0.05) is 35.3 Å². The van der Waals surface area contributed by atoms with Crippen molar-refractivity contribution in [1.29, 1.82) is 0 Å². The molecule has 2 aromatic rings. The van der Waals surface area contributed by atoms with Gasteiger partial charge < -0.3 is 14.8 Å². The molecule has 1 N–H and O–H groups in total. The normalized spacial score (nSPS) is 10.1. The lowest BCUT2D eigenvalue weighted by molar-refractivity contribution is -0.146. The minimum absolute atomic E-state index is 0.106. The number of benzene rings is 2. The molecule has 2 aromatic carbocycles. The van der Waals surface area contributed by atoms with Crippen molar-refractivity contribution in [2.24, 2.45) is 0 Å². The molecule has 0 aromatic heterocycles. The van der Waals surface area contributed by atoms with Crippen LogP contribution in [0.15, 0.2) is 42.5 Å². The van der Waals surface area contributed by atoms with Crippen molar-refractivity contribution < 1.29 is 19.1 Å². The standard InChI is InChI=1S/C17H15Cl2NO4/c1-23-12-5-2-4-11(8-12)20-16(21)10-24-17(22)9-13-14(18)6-3-7-15(13)19/h2-8H,9-10H2,1H3,(H,20,21). The van der Waals surface area contributed by atoms with Gasteiger partial charge in [0.15, 0.2) is 6.61 Å². The fourth-order valence-corrected chi connectivity index (χ4v) is 2.47. The van der Waals surface area contributed by atoms with E-state index in [1.165, 1.54) is 7.11 Å². The van der Waals surface area contributed by atoms with Crippen molar-refractivity contribution in [2.75, 3.05) is 19.0 Å². The van der Waals surface area contributed by atoms with E-state index >= 15 is 0 Å². The van der Waals surface area contributed by atoms with E-state index in [4.69, 9.17) is 32.7 Å². The van der Waals surface area contributed by atoms with Gasteiger partial charge in [-0.25, -0.2) is 0 Å². The highest BCUT2D eigenvalue weighted by atomic mass is 35.5. The van der Waals surface area contributed by atoms with E-state index in [-0.39, 0.29) is 6.42 Å². The quantitative estimate of drug-likeness (QED) is 0.790. The molecular formula is C17H15Cl2NO4. The van der Waals surface area contributed by atoms with Crippen LogP contribution >= 0.6 is 23.2 Å². The summed E-state index contributed by atoms with van der Waals surface area (Å²) < 4.78 is 10.0. The molecule has 0 saturated heterocycles. The van der Waals surface area contributed by atoms with Crippen molar-refractivity contribution in [1.82, 2.24) is 0 Å². The van der Waals surface area contributed by atoms with Gasteiger partial charge in [0, 0.05) is 27.4 Å². The van der Waals surface area contributed by atoms with Gasteiger partial charge in [0.25, 0.3) is 5.91 Å². The summed E-state index contributed by atoms with van der Waals surface area (Å²) in [6.45, 7) is -0.405. The van der Waals surface area contributed by atoms with Crippen LogP contribution in [0.25, 0.3) is 0 Å². The number of carbonyl (C=O) groups excluding carboxylic acids is 2. The Morgan fingerprint density at radius 3 is 2.42 bits per heavy atom. The lowest BCUT2D eigenvalue weighted by atomic mass is 10.1. The molecule has 0 heterocycles. The van der Waals surface area contributed by atoms with Crippen LogP contribution in [-0.4, -0.2) is 25.6 Å². The van der Waals surface area contributed by atoms with Crippen LogP contribution in [0.4, 0.5) is 5.69 Å². The average molecular weight is 368 g/mol. The third-order valence-electron chi connectivity index (χ3n) is 3.10. The zero-order chi connectivity index (χ0) is 17.5. The van der Waals surface area contributed by atoms with Crippen molar-refractivity contribution in [3.63, 3.8) is 0 Å². The second-order valence-electron chi connectivity index (χ2n) is 4.82. The molecule has 0 atom stereocenters. The monoisotopic (exact) mass is 367 g/mol. The second kappa shape index (κ2) is 8.57. The van der Waals surface area contributed by atoms with Gasteiger partial charge >= 0.3 is 5.97 Å². The number of amides is 1. The van der Waals surface area contributed by atoms with Crippen molar-refractivity contribution >= 4 is 40.8 Å². The van der Waals surface area contributed by atoms with E-state index < -0.39 is 18.5 Å². The van der Waals surface area contributed by atoms with Gasteiger partial charge in [0.1, 0.15) is 5.75 Å². The summed E-state index contributed by atoms with van der Waals surface area (Å²) in [6, 6.07) is 11.8. The van der Waals surface area contributed by atoms with E-state index in [1.54, 1.807) is 42.5 Å². The lowest BCUT2D eigenvalue weighted by Crippen LogP contribution is -2.21. The van der Waals surface area contributed by atoms with Gasteiger partial charge in [-0.3, -0.25) is 9.59 Å². The summed E-state index contributed by atoms with van der Waals surface area (Å²) in [7, 11) is 1.53. The number of ether oxygens (including phenoxy) is 2. The highest BCUT2D eigenvalue weighted by molar-refractivity contribution is 6.36. The maximum absolute atomic E-state index is 11.8. The lowest BCUT2D eigenvalue weighted by Gasteiger charge is -2.09. The minimum Gasteiger partial charge on any atom is -0.497 e. The molecule has 0 fully saturated rings. The molecule has 0 aliphatic carbocycles. The number of esters is 1. The van der Waals surface area contributed by atoms with Gasteiger partial charge in [0.2, 0.25) is 0 Å². The van der Waals surface area contributed by atoms with E-state index in [2.05, 4.69) is 5.32 Å². The highest BCUT2D eigenvalue weighted by Crippen LogP contribution is 2.24. The molecule has 1 amide bonds. The number of hydrogen-bond donors (Lipinski definition) is 1. The maximum Gasteiger partial charge on any atom is 0.310 e. The van der Waals surface area contributed by atoms with E-state index in [9.17, 15) is 9.59 Å². The molecule has 0 radical (unpaired) electrons. The Labute approximate surface area is 149 Å². The predicted molar refractivity (Wildman–Crippen MR) is 92.7 cm³/mol. The van der Waals surface area contributed by atoms with Crippen LogP contribution in [0.5, 0.6) is 5.75 Å². The Morgan fingerprint density at radius 2 is 1.75 bits per heavy atom. The first-order chi connectivity index (χ1) is 11.5. The fraction of sp³-hybridized carbons (Fsp3) is 0.176. The number of methoxy groups -OCH3 is 1. The summed E-state index contributed by atoms with van der Waals surface area (Å²) in [4.78, 5) is 23.7. The van der Waals surface area contributed by atoms with Gasteiger partial charge in [-0.15, -0.1) is 0 Å². The van der Waals surface area contributed by atoms with E-state index in [1.807, 2.05) is 0 Å². The summed E-state index contributed by atoms with van der Waals surface area (Å²) in [5, 5.41) is 3.36.